The summed E-state index contributed by atoms with van der Waals surface area (Å²) >= 11 is 0. The number of ether oxygens (including phenoxy) is 1. The summed E-state index contributed by atoms with van der Waals surface area (Å²) in [5, 5.41) is 23.3. The van der Waals surface area contributed by atoms with Crippen LogP contribution in [0.2, 0.25) is 0 Å². The summed E-state index contributed by atoms with van der Waals surface area (Å²) in [6.45, 7) is 4.90. The minimum absolute atomic E-state index is 0.0220. The summed E-state index contributed by atoms with van der Waals surface area (Å²) in [7, 11) is 0. The first-order valence-corrected chi connectivity index (χ1v) is 28.8. The van der Waals surface area contributed by atoms with Gasteiger partial charge in [0, 0.05) is 12.8 Å². The van der Waals surface area contributed by atoms with Crippen LogP contribution in [0.4, 0.5) is 0 Å². The maximum atomic E-state index is 12.5. The SMILES string of the molecule is CCCCCCC/C=C\CCCCCCCC(=O)OCCCCC/C=C\C=C/CCCCCCCCCCCCC(=O)NC(CO)C(O)CCCCCCCCCCCCCCCCC. The quantitative estimate of drug-likeness (QED) is 0.0244. The number of carbonyl (C=O) groups is 2. The highest BCUT2D eigenvalue weighted by Gasteiger charge is 2.20. The highest BCUT2D eigenvalue weighted by molar-refractivity contribution is 5.76. The second kappa shape index (κ2) is 54.7. The molecule has 6 nitrogen and oxygen atoms in total. The normalized spacial score (nSPS) is 12.9. The van der Waals surface area contributed by atoms with Crippen LogP contribution in [0, 0.1) is 0 Å². The number of carbonyl (C=O) groups excluding carboxylic acids is 2. The monoisotopic (exact) mass is 914 g/mol. The highest BCUT2D eigenvalue weighted by Crippen LogP contribution is 2.17. The zero-order valence-electron chi connectivity index (χ0n) is 43.5. The maximum absolute atomic E-state index is 12.5. The third kappa shape index (κ3) is 51.3. The van der Waals surface area contributed by atoms with Crippen LogP contribution in [0.3, 0.4) is 0 Å². The van der Waals surface area contributed by atoms with E-state index < -0.39 is 12.1 Å². The van der Waals surface area contributed by atoms with E-state index in [0.717, 1.165) is 70.6 Å². The molecule has 65 heavy (non-hydrogen) atoms. The van der Waals surface area contributed by atoms with Crippen LogP contribution in [-0.4, -0.2) is 47.4 Å². The van der Waals surface area contributed by atoms with Gasteiger partial charge in [0.2, 0.25) is 5.91 Å². The molecule has 0 saturated carbocycles. The van der Waals surface area contributed by atoms with E-state index in [9.17, 15) is 19.8 Å². The van der Waals surface area contributed by atoms with Gasteiger partial charge < -0.3 is 20.3 Å². The Kier molecular flexibility index (Phi) is 53.1. The van der Waals surface area contributed by atoms with Crippen LogP contribution >= 0.6 is 0 Å². The third-order valence-electron chi connectivity index (χ3n) is 13.2. The fourth-order valence-electron chi connectivity index (χ4n) is 8.74. The lowest BCUT2D eigenvalue weighted by molar-refractivity contribution is -0.143. The Labute approximate surface area is 404 Å². The average molecular weight is 915 g/mol. The predicted octanol–water partition coefficient (Wildman–Crippen LogP) is 17.6. The molecule has 0 aromatic rings. The molecular formula is C59H111NO5. The highest BCUT2D eigenvalue weighted by atomic mass is 16.5. The van der Waals surface area contributed by atoms with Crippen LogP contribution in [0.15, 0.2) is 36.5 Å². The van der Waals surface area contributed by atoms with E-state index in [1.165, 1.54) is 199 Å². The first-order chi connectivity index (χ1) is 32.0. The van der Waals surface area contributed by atoms with Crippen molar-refractivity contribution in [2.75, 3.05) is 13.2 Å². The summed E-state index contributed by atoms with van der Waals surface area (Å²) < 4.78 is 5.44. The lowest BCUT2D eigenvalue weighted by Gasteiger charge is -2.22. The fraction of sp³-hybridized carbons (Fsp3) is 0.864. The average Bonchev–Trinajstić information content (AvgIpc) is 3.31. The van der Waals surface area contributed by atoms with E-state index in [4.69, 9.17) is 4.74 Å². The predicted molar refractivity (Wildman–Crippen MR) is 283 cm³/mol. The van der Waals surface area contributed by atoms with E-state index in [1.807, 2.05) is 0 Å². The molecule has 2 atom stereocenters. The van der Waals surface area contributed by atoms with Gasteiger partial charge >= 0.3 is 5.97 Å². The number of hydrogen-bond acceptors (Lipinski definition) is 5. The van der Waals surface area contributed by atoms with Gasteiger partial charge in [-0.15, -0.1) is 0 Å². The fourth-order valence-corrected chi connectivity index (χ4v) is 8.74. The van der Waals surface area contributed by atoms with Crippen LogP contribution in [0.25, 0.3) is 0 Å². The molecule has 6 heteroatoms. The number of amides is 1. The molecule has 0 bridgehead atoms. The molecule has 0 heterocycles. The van der Waals surface area contributed by atoms with Crippen molar-refractivity contribution in [3.8, 4) is 0 Å². The van der Waals surface area contributed by atoms with Crippen LogP contribution < -0.4 is 5.32 Å². The molecule has 0 aromatic carbocycles. The Balaban J connectivity index is 3.48. The van der Waals surface area contributed by atoms with Crippen molar-refractivity contribution in [2.24, 2.45) is 0 Å². The van der Waals surface area contributed by atoms with Crippen molar-refractivity contribution in [3.05, 3.63) is 36.5 Å². The van der Waals surface area contributed by atoms with Gasteiger partial charge in [0.05, 0.1) is 25.4 Å². The number of allylic oxidation sites excluding steroid dienone is 6. The van der Waals surface area contributed by atoms with E-state index in [0.29, 0.717) is 25.9 Å². The van der Waals surface area contributed by atoms with Crippen molar-refractivity contribution in [2.45, 2.75) is 315 Å². The Morgan fingerprint density at radius 2 is 0.769 bits per heavy atom. The number of rotatable bonds is 53. The first kappa shape index (κ1) is 63.1. The lowest BCUT2D eigenvalue weighted by Crippen LogP contribution is -2.45. The molecule has 3 N–H and O–H groups in total. The molecule has 0 fully saturated rings. The van der Waals surface area contributed by atoms with Gasteiger partial charge in [0.15, 0.2) is 0 Å². The summed E-state index contributed by atoms with van der Waals surface area (Å²) in [5.74, 6) is -0.0663. The van der Waals surface area contributed by atoms with Crippen molar-refractivity contribution in [1.29, 1.82) is 0 Å². The van der Waals surface area contributed by atoms with Gasteiger partial charge in [-0.05, 0) is 83.5 Å². The van der Waals surface area contributed by atoms with Crippen molar-refractivity contribution in [1.82, 2.24) is 5.32 Å². The molecule has 0 radical (unpaired) electrons. The molecule has 2 unspecified atom stereocenters. The molecule has 0 saturated heterocycles. The van der Waals surface area contributed by atoms with Crippen LogP contribution in [0.1, 0.15) is 303 Å². The topological polar surface area (TPSA) is 95.9 Å². The molecule has 382 valence electrons. The molecule has 0 aliphatic heterocycles. The lowest BCUT2D eigenvalue weighted by atomic mass is 10.0. The standard InChI is InChI=1S/C59H111NO5/c1-3-5-7-9-11-13-15-17-24-27-31-35-39-43-47-51-57(62)56(55-61)60-58(63)52-48-44-40-36-32-28-25-22-20-19-21-23-26-30-34-38-42-46-50-54-65-59(64)53-49-45-41-37-33-29-18-16-14-12-10-8-6-4-2/h16,18,23,26,30,34,56-57,61-62H,3-15,17,19-22,24-25,27-29,31-33,35-55H2,1-2H3,(H,60,63)/b18-16-,26-23-,34-30-. The second-order valence-electron chi connectivity index (χ2n) is 19.6. The van der Waals surface area contributed by atoms with Gasteiger partial charge in [0.25, 0.3) is 0 Å². The number of aliphatic hydroxyl groups excluding tert-OH is 2. The Morgan fingerprint density at radius 1 is 0.431 bits per heavy atom. The van der Waals surface area contributed by atoms with E-state index in [2.05, 4.69) is 55.6 Å². The Morgan fingerprint density at radius 3 is 1.18 bits per heavy atom. The van der Waals surface area contributed by atoms with Gasteiger partial charge in [-0.1, -0.05) is 243 Å². The van der Waals surface area contributed by atoms with Crippen LogP contribution in [0.5, 0.6) is 0 Å². The summed E-state index contributed by atoms with van der Waals surface area (Å²) in [4.78, 5) is 24.5. The number of aliphatic hydroxyl groups is 2. The largest absolute Gasteiger partial charge is 0.466 e. The zero-order valence-corrected chi connectivity index (χ0v) is 43.5. The smallest absolute Gasteiger partial charge is 0.305 e. The van der Waals surface area contributed by atoms with Gasteiger partial charge in [0.1, 0.15) is 0 Å². The first-order valence-electron chi connectivity index (χ1n) is 28.8. The molecule has 0 aliphatic rings. The van der Waals surface area contributed by atoms with Crippen molar-refractivity contribution >= 4 is 11.9 Å². The number of nitrogens with one attached hydrogen (secondary N) is 1. The summed E-state index contributed by atoms with van der Waals surface area (Å²) in [6.07, 6.45) is 67.0. The molecule has 1 amide bonds. The third-order valence-corrected chi connectivity index (χ3v) is 13.2. The summed E-state index contributed by atoms with van der Waals surface area (Å²) in [5.41, 5.74) is 0. The van der Waals surface area contributed by atoms with Crippen LogP contribution in [-0.2, 0) is 14.3 Å². The zero-order chi connectivity index (χ0) is 47.2. The second-order valence-corrected chi connectivity index (χ2v) is 19.6. The molecule has 0 aromatic heterocycles. The maximum Gasteiger partial charge on any atom is 0.305 e. The molecule has 0 spiro atoms. The summed E-state index contributed by atoms with van der Waals surface area (Å²) in [6, 6.07) is -0.549. The van der Waals surface area contributed by atoms with Gasteiger partial charge in [-0.2, -0.15) is 0 Å². The van der Waals surface area contributed by atoms with E-state index >= 15 is 0 Å². The molecule has 0 rings (SSSR count). The molecular weight excluding hydrogens is 803 g/mol. The minimum Gasteiger partial charge on any atom is -0.466 e. The minimum atomic E-state index is -0.671. The van der Waals surface area contributed by atoms with E-state index in [-0.39, 0.29) is 18.5 Å². The van der Waals surface area contributed by atoms with Crippen molar-refractivity contribution < 1.29 is 24.5 Å². The number of esters is 1. The van der Waals surface area contributed by atoms with Crippen molar-refractivity contribution in [3.63, 3.8) is 0 Å². The van der Waals surface area contributed by atoms with Gasteiger partial charge in [-0.3, -0.25) is 9.59 Å². The molecule has 0 aliphatic carbocycles. The van der Waals surface area contributed by atoms with Gasteiger partial charge in [-0.25, -0.2) is 0 Å². The Bertz CT molecular complexity index is 1060. The number of hydrogen-bond donors (Lipinski definition) is 3. The van der Waals surface area contributed by atoms with E-state index in [1.54, 1.807) is 0 Å². The number of unbranched alkanes of at least 4 members (excludes halogenated alkanes) is 37. The Hall–Kier alpha value is -1.92.